The lowest BCUT2D eigenvalue weighted by molar-refractivity contribution is 0.299. The van der Waals surface area contributed by atoms with E-state index in [1.54, 1.807) is 18.5 Å². The number of likely N-dealkylation sites (tertiary alicyclic amines) is 1. The highest BCUT2D eigenvalue weighted by Crippen LogP contribution is 2.25. The van der Waals surface area contributed by atoms with Crippen LogP contribution in [0.2, 0.25) is 0 Å². The third kappa shape index (κ3) is 4.04. The minimum atomic E-state index is 0.282. The second kappa shape index (κ2) is 7.81. The van der Waals surface area contributed by atoms with Crippen LogP contribution in [-0.2, 0) is 6.54 Å². The molecule has 0 saturated carbocycles. The van der Waals surface area contributed by atoms with Crippen molar-refractivity contribution in [3.8, 4) is 5.75 Å². The molecule has 24 heavy (non-hydrogen) atoms. The average molecular weight is 328 g/mol. The van der Waals surface area contributed by atoms with Crippen molar-refractivity contribution in [2.45, 2.75) is 32.2 Å². The number of piperidine rings is 1. The van der Waals surface area contributed by atoms with E-state index in [4.69, 9.17) is 4.99 Å². The number of H-pyrrole nitrogens is 1. The number of aliphatic imine (C=N–C) groups is 1. The summed E-state index contributed by atoms with van der Waals surface area (Å²) in [5.41, 5.74) is 1.08. The first-order valence-electron chi connectivity index (χ1n) is 8.42. The van der Waals surface area contributed by atoms with Crippen molar-refractivity contribution in [1.82, 2.24) is 25.4 Å². The Kier molecular flexibility index (Phi) is 5.30. The summed E-state index contributed by atoms with van der Waals surface area (Å²) in [5.74, 6) is 2.66. The SMILES string of the molecule is CCNC(=NCc1ccc(O)cc1)N1CCC(c2ncn[nH]2)CC1. The van der Waals surface area contributed by atoms with Gasteiger partial charge in [-0.15, -0.1) is 0 Å². The number of nitrogens with zero attached hydrogens (tertiary/aromatic N) is 4. The molecule has 0 radical (unpaired) electrons. The molecule has 2 aromatic rings. The van der Waals surface area contributed by atoms with Crippen molar-refractivity contribution in [2.24, 2.45) is 4.99 Å². The molecule has 3 rings (SSSR count). The minimum absolute atomic E-state index is 0.282. The fourth-order valence-corrected chi connectivity index (χ4v) is 2.97. The predicted molar refractivity (Wildman–Crippen MR) is 92.9 cm³/mol. The van der Waals surface area contributed by atoms with Gasteiger partial charge in [0.15, 0.2) is 5.96 Å². The van der Waals surface area contributed by atoms with Gasteiger partial charge in [0, 0.05) is 25.6 Å². The normalized spacial score (nSPS) is 16.4. The summed E-state index contributed by atoms with van der Waals surface area (Å²) in [6, 6.07) is 7.19. The first kappa shape index (κ1) is 16.3. The highest BCUT2D eigenvalue weighted by molar-refractivity contribution is 5.80. The Morgan fingerprint density at radius 1 is 1.33 bits per heavy atom. The van der Waals surface area contributed by atoms with Crippen molar-refractivity contribution in [2.75, 3.05) is 19.6 Å². The van der Waals surface area contributed by atoms with Crippen LogP contribution >= 0.6 is 0 Å². The monoisotopic (exact) mass is 328 g/mol. The zero-order valence-electron chi connectivity index (χ0n) is 13.9. The fraction of sp³-hybridized carbons (Fsp3) is 0.471. The predicted octanol–water partition coefficient (Wildman–Crippen LogP) is 1.86. The van der Waals surface area contributed by atoms with Crippen LogP contribution in [-0.4, -0.2) is 50.8 Å². The molecule has 0 spiro atoms. The zero-order valence-corrected chi connectivity index (χ0v) is 13.9. The Bertz CT molecular complexity index is 644. The molecule has 1 saturated heterocycles. The van der Waals surface area contributed by atoms with Crippen LogP contribution in [0.3, 0.4) is 0 Å². The largest absolute Gasteiger partial charge is 0.508 e. The van der Waals surface area contributed by atoms with Gasteiger partial charge in [-0.05, 0) is 37.5 Å². The van der Waals surface area contributed by atoms with Crippen LogP contribution in [0.25, 0.3) is 0 Å². The molecule has 3 N–H and O–H groups in total. The quantitative estimate of drug-likeness (QED) is 0.589. The molecule has 0 unspecified atom stereocenters. The summed E-state index contributed by atoms with van der Waals surface area (Å²) >= 11 is 0. The van der Waals surface area contributed by atoms with Crippen molar-refractivity contribution in [3.05, 3.63) is 42.0 Å². The number of aromatic nitrogens is 3. The smallest absolute Gasteiger partial charge is 0.194 e. The van der Waals surface area contributed by atoms with E-state index in [-0.39, 0.29) is 5.75 Å². The summed E-state index contributed by atoms with van der Waals surface area (Å²) in [4.78, 5) is 11.3. The topological polar surface area (TPSA) is 89.4 Å². The van der Waals surface area contributed by atoms with Crippen LogP contribution < -0.4 is 5.32 Å². The highest BCUT2D eigenvalue weighted by atomic mass is 16.3. The summed E-state index contributed by atoms with van der Waals surface area (Å²) in [6.45, 7) is 5.43. The third-order valence-corrected chi connectivity index (χ3v) is 4.30. The maximum atomic E-state index is 9.36. The van der Waals surface area contributed by atoms with E-state index in [1.807, 2.05) is 12.1 Å². The second-order valence-electron chi connectivity index (χ2n) is 5.97. The molecular formula is C17H24N6O. The molecule has 128 valence electrons. The van der Waals surface area contributed by atoms with E-state index in [0.717, 1.165) is 49.8 Å². The van der Waals surface area contributed by atoms with E-state index >= 15 is 0 Å². The molecular weight excluding hydrogens is 304 g/mol. The van der Waals surface area contributed by atoms with E-state index in [9.17, 15) is 5.11 Å². The Morgan fingerprint density at radius 2 is 2.08 bits per heavy atom. The Labute approximate surface area is 141 Å². The van der Waals surface area contributed by atoms with E-state index in [0.29, 0.717) is 12.5 Å². The van der Waals surface area contributed by atoms with Crippen molar-refractivity contribution in [1.29, 1.82) is 0 Å². The zero-order chi connectivity index (χ0) is 16.8. The Balaban J connectivity index is 1.61. The lowest BCUT2D eigenvalue weighted by Gasteiger charge is -2.33. The molecule has 0 amide bonds. The van der Waals surface area contributed by atoms with Gasteiger partial charge in [-0.1, -0.05) is 12.1 Å². The maximum Gasteiger partial charge on any atom is 0.194 e. The first-order valence-corrected chi connectivity index (χ1v) is 8.42. The molecule has 7 nitrogen and oxygen atoms in total. The van der Waals surface area contributed by atoms with Gasteiger partial charge in [-0.2, -0.15) is 5.10 Å². The Hall–Kier alpha value is -2.57. The number of hydrogen-bond acceptors (Lipinski definition) is 4. The van der Waals surface area contributed by atoms with Crippen LogP contribution in [0.15, 0.2) is 35.6 Å². The van der Waals surface area contributed by atoms with Gasteiger partial charge in [-0.25, -0.2) is 9.98 Å². The van der Waals surface area contributed by atoms with E-state index < -0.39 is 0 Å². The second-order valence-corrected chi connectivity index (χ2v) is 5.97. The molecule has 1 aromatic carbocycles. The molecule has 0 bridgehead atoms. The lowest BCUT2D eigenvalue weighted by atomic mass is 9.96. The number of hydrogen-bond donors (Lipinski definition) is 3. The van der Waals surface area contributed by atoms with E-state index in [1.165, 1.54) is 0 Å². The number of rotatable bonds is 4. The third-order valence-electron chi connectivity index (χ3n) is 4.30. The standard InChI is InChI=1S/C17H24N6O/c1-2-18-17(19-11-13-3-5-15(24)6-4-13)23-9-7-14(8-10-23)16-20-12-21-22-16/h3-6,12,14,24H,2,7-11H2,1H3,(H,18,19)(H,20,21,22). The number of phenolic OH excluding ortho intramolecular Hbond substituents is 1. The number of aromatic amines is 1. The maximum absolute atomic E-state index is 9.36. The van der Waals surface area contributed by atoms with Crippen molar-refractivity contribution >= 4 is 5.96 Å². The molecule has 1 fully saturated rings. The minimum Gasteiger partial charge on any atom is -0.508 e. The average Bonchev–Trinajstić information content (AvgIpc) is 3.15. The van der Waals surface area contributed by atoms with Gasteiger partial charge in [0.2, 0.25) is 0 Å². The number of nitrogens with one attached hydrogen (secondary N) is 2. The molecule has 1 aromatic heterocycles. The van der Waals surface area contributed by atoms with Gasteiger partial charge < -0.3 is 15.3 Å². The fourth-order valence-electron chi connectivity index (χ4n) is 2.97. The summed E-state index contributed by atoms with van der Waals surface area (Å²) in [6.07, 6.45) is 3.66. The molecule has 0 aliphatic carbocycles. The van der Waals surface area contributed by atoms with Crippen LogP contribution in [0.4, 0.5) is 0 Å². The van der Waals surface area contributed by atoms with Crippen LogP contribution in [0.5, 0.6) is 5.75 Å². The molecule has 0 atom stereocenters. The first-order chi connectivity index (χ1) is 11.8. The van der Waals surface area contributed by atoms with Crippen LogP contribution in [0, 0.1) is 0 Å². The summed E-state index contributed by atoms with van der Waals surface area (Å²) < 4.78 is 0. The van der Waals surface area contributed by atoms with E-state index in [2.05, 4.69) is 32.3 Å². The summed E-state index contributed by atoms with van der Waals surface area (Å²) in [7, 11) is 0. The molecule has 2 heterocycles. The van der Waals surface area contributed by atoms with Crippen molar-refractivity contribution in [3.63, 3.8) is 0 Å². The van der Waals surface area contributed by atoms with Crippen LogP contribution in [0.1, 0.15) is 37.1 Å². The summed E-state index contributed by atoms with van der Waals surface area (Å²) in [5, 5.41) is 19.7. The molecule has 7 heteroatoms. The number of aromatic hydroxyl groups is 1. The molecule has 1 aliphatic heterocycles. The highest BCUT2D eigenvalue weighted by Gasteiger charge is 2.24. The van der Waals surface area contributed by atoms with Gasteiger partial charge in [0.05, 0.1) is 6.54 Å². The number of benzene rings is 1. The number of phenols is 1. The van der Waals surface area contributed by atoms with Gasteiger partial charge in [0.25, 0.3) is 0 Å². The number of guanidine groups is 1. The van der Waals surface area contributed by atoms with Gasteiger partial charge in [-0.3, -0.25) is 5.10 Å². The lowest BCUT2D eigenvalue weighted by Crippen LogP contribution is -2.45. The molecule has 1 aliphatic rings. The van der Waals surface area contributed by atoms with Gasteiger partial charge >= 0.3 is 0 Å². The van der Waals surface area contributed by atoms with Crippen molar-refractivity contribution < 1.29 is 5.11 Å². The van der Waals surface area contributed by atoms with Gasteiger partial charge in [0.1, 0.15) is 17.9 Å². The Morgan fingerprint density at radius 3 is 2.71 bits per heavy atom.